The van der Waals surface area contributed by atoms with Crippen LogP contribution in [0.5, 0.6) is 0 Å². The van der Waals surface area contributed by atoms with Crippen molar-refractivity contribution in [3.05, 3.63) is 17.3 Å². The Kier molecular flexibility index (Phi) is 10.5. The molecule has 0 bridgehead atoms. The van der Waals surface area contributed by atoms with Gasteiger partial charge in [0.05, 0.1) is 5.69 Å². The number of guanidine groups is 1. The van der Waals surface area contributed by atoms with Crippen molar-refractivity contribution in [1.82, 2.24) is 20.9 Å². The van der Waals surface area contributed by atoms with Gasteiger partial charge in [0.15, 0.2) is 5.96 Å². The lowest BCUT2D eigenvalue weighted by Gasteiger charge is -2.19. The van der Waals surface area contributed by atoms with E-state index in [2.05, 4.69) is 25.9 Å². The van der Waals surface area contributed by atoms with Crippen molar-refractivity contribution in [2.75, 3.05) is 19.6 Å². The van der Waals surface area contributed by atoms with E-state index in [-0.39, 0.29) is 24.0 Å². The van der Waals surface area contributed by atoms with Crippen LogP contribution < -0.4 is 16.0 Å². The summed E-state index contributed by atoms with van der Waals surface area (Å²) < 4.78 is 10.7. The largest absolute Gasteiger partial charge is 0.444 e. The van der Waals surface area contributed by atoms with Gasteiger partial charge >= 0.3 is 6.09 Å². The molecule has 3 N–H and O–H groups in total. The Balaban J connectivity index is 0.00000576. The van der Waals surface area contributed by atoms with E-state index in [0.717, 1.165) is 18.0 Å². The minimum atomic E-state index is -0.500. The van der Waals surface area contributed by atoms with Crippen LogP contribution in [0.2, 0.25) is 0 Å². The fourth-order valence-corrected chi connectivity index (χ4v) is 1.75. The van der Waals surface area contributed by atoms with Gasteiger partial charge < -0.3 is 25.1 Å². The Bertz CT molecular complexity index is 547. The monoisotopic (exact) mass is 467 g/mol. The van der Waals surface area contributed by atoms with E-state index in [1.54, 1.807) is 0 Å². The molecule has 0 spiro atoms. The van der Waals surface area contributed by atoms with Gasteiger partial charge in [-0.15, -0.1) is 24.0 Å². The third kappa shape index (κ3) is 10.1. The van der Waals surface area contributed by atoms with E-state index in [1.165, 1.54) is 0 Å². The molecule has 0 saturated heterocycles. The van der Waals surface area contributed by atoms with E-state index in [9.17, 15) is 4.79 Å². The summed E-state index contributed by atoms with van der Waals surface area (Å²) in [6.07, 6.45) is -0.433. The zero-order valence-corrected chi connectivity index (χ0v) is 18.2. The molecule has 0 aliphatic carbocycles. The van der Waals surface area contributed by atoms with Crippen molar-refractivity contribution in [2.45, 2.75) is 53.7 Å². The van der Waals surface area contributed by atoms with Gasteiger partial charge in [-0.05, 0) is 41.5 Å². The molecule has 0 radical (unpaired) electrons. The first-order valence-corrected chi connectivity index (χ1v) is 8.13. The van der Waals surface area contributed by atoms with Crippen LogP contribution in [0.25, 0.3) is 0 Å². The maximum atomic E-state index is 11.5. The number of halogens is 1. The molecule has 0 unspecified atom stereocenters. The highest BCUT2D eigenvalue weighted by molar-refractivity contribution is 14.0. The van der Waals surface area contributed by atoms with Gasteiger partial charge in [-0.25, -0.2) is 14.8 Å². The number of nitrogens with one attached hydrogen (secondary N) is 3. The number of carbonyl (C=O) groups excluding carboxylic acids is 1. The van der Waals surface area contributed by atoms with Crippen LogP contribution in [0, 0.1) is 13.8 Å². The van der Waals surface area contributed by atoms with Gasteiger partial charge in [0.1, 0.15) is 17.9 Å². The minimum Gasteiger partial charge on any atom is -0.444 e. The second kappa shape index (κ2) is 11.2. The molecule has 0 atom stereocenters. The number of rotatable bonds is 6. The fraction of sp³-hybridized carbons (Fsp3) is 0.688. The molecule has 25 heavy (non-hydrogen) atoms. The number of carbonyl (C=O) groups is 1. The normalized spacial score (nSPS) is 11.5. The number of alkyl carbamates (subject to hydrolysis) is 1. The van der Waals surface area contributed by atoms with Gasteiger partial charge in [-0.2, -0.15) is 0 Å². The average Bonchev–Trinajstić information content (AvgIpc) is 2.77. The van der Waals surface area contributed by atoms with Crippen molar-refractivity contribution >= 4 is 36.0 Å². The predicted octanol–water partition coefficient (Wildman–Crippen LogP) is 2.49. The smallest absolute Gasteiger partial charge is 0.407 e. The summed E-state index contributed by atoms with van der Waals surface area (Å²) in [6.45, 7) is 13.3. The number of hydrogen-bond donors (Lipinski definition) is 3. The summed E-state index contributed by atoms with van der Waals surface area (Å²) >= 11 is 0. The zero-order chi connectivity index (χ0) is 18.2. The minimum absolute atomic E-state index is 0. The first-order chi connectivity index (χ1) is 11.2. The lowest BCUT2D eigenvalue weighted by Crippen LogP contribution is -2.42. The maximum absolute atomic E-state index is 11.5. The predicted molar refractivity (Wildman–Crippen MR) is 108 cm³/mol. The summed E-state index contributed by atoms with van der Waals surface area (Å²) in [5.41, 5.74) is 0.375. The summed E-state index contributed by atoms with van der Waals surface area (Å²) in [5, 5.41) is 8.94. The highest BCUT2D eigenvalue weighted by Gasteiger charge is 2.15. The van der Waals surface area contributed by atoms with Gasteiger partial charge in [-0.3, -0.25) is 0 Å². The third-order valence-corrected chi connectivity index (χ3v) is 2.88. The van der Waals surface area contributed by atoms with Crippen molar-refractivity contribution in [1.29, 1.82) is 0 Å². The van der Waals surface area contributed by atoms with Crippen LogP contribution >= 0.6 is 24.0 Å². The van der Waals surface area contributed by atoms with Gasteiger partial charge in [0.2, 0.25) is 5.89 Å². The van der Waals surface area contributed by atoms with E-state index < -0.39 is 11.7 Å². The fourth-order valence-electron chi connectivity index (χ4n) is 1.75. The first-order valence-electron chi connectivity index (χ1n) is 8.13. The number of aromatic nitrogens is 1. The number of ether oxygens (including phenoxy) is 1. The number of hydrogen-bond acceptors (Lipinski definition) is 5. The second-order valence-corrected chi connectivity index (χ2v) is 6.30. The van der Waals surface area contributed by atoms with Crippen LogP contribution in [0.3, 0.4) is 0 Å². The van der Waals surface area contributed by atoms with E-state index in [4.69, 9.17) is 9.15 Å². The molecule has 1 aromatic rings. The molecule has 1 rings (SSSR count). The standard InChI is InChI=1S/C16H29N5O3.HI/c1-7-17-14(20-10-13-21-11(2)12(3)23-13)18-8-9-19-15(22)24-16(4,5)6;/h7-10H2,1-6H3,(H,19,22)(H2,17,18,20);1H. The first kappa shape index (κ1) is 23.5. The van der Waals surface area contributed by atoms with E-state index >= 15 is 0 Å². The molecule has 0 aliphatic heterocycles. The Labute approximate surface area is 166 Å². The van der Waals surface area contributed by atoms with Crippen LogP contribution in [-0.4, -0.2) is 42.3 Å². The average molecular weight is 467 g/mol. The van der Waals surface area contributed by atoms with E-state index in [1.807, 2.05) is 41.5 Å². The zero-order valence-electron chi connectivity index (χ0n) is 15.9. The molecule has 1 amide bonds. The van der Waals surface area contributed by atoms with Crippen LogP contribution in [0.1, 0.15) is 45.0 Å². The lowest BCUT2D eigenvalue weighted by atomic mass is 10.2. The summed E-state index contributed by atoms with van der Waals surface area (Å²) in [7, 11) is 0. The van der Waals surface area contributed by atoms with Crippen LogP contribution in [-0.2, 0) is 11.3 Å². The highest BCUT2D eigenvalue weighted by Crippen LogP contribution is 2.08. The summed E-state index contributed by atoms with van der Waals surface area (Å²) in [5.74, 6) is 2.02. The molecule has 0 fully saturated rings. The molecule has 0 aliphatic rings. The van der Waals surface area contributed by atoms with Gasteiger partial charge in [0.25, 0.3) is 0 Å². The molecule has 9 heteroatoms. The summed E-state index contributed by atoms with van der Waals surface area (Å²) in [6, 6.07) is 0. The molecule has 1 aromatic heterocycles. The van der Waals surface area contributed by atoms with Crippen molar-refractivity contribution in [3.63, 3.8) is 0 Å². The van der Waals surface area contributed by atoms with Crippen molar-refractivity contribution in [3.8, 4) is 0 Å². The number of amides is 1. The Morgan fingerprint density at radius 3 is 2.36 bits per heavy atom. The van der Waals surface area contributed by atoms with Crippen molar-refractivity contribution < 1.29 is 13.9 Å². The van der Waals surface area contributed by atoms with Crippen LogP contribution in [0.15, 0.2) is 9.41 Å². The number of aliphatic imine (C=N–C) groups is 1. The number of oxazole rings is 1. The maximum Gasteiger partial charge on any atom is 0.407 e. The molecular formula is C16H30IN5O3. The SMILES string of the molecule is CCNC(=NCc1nc(C)c(C)o1)NCCNC(=O)OC(C)(C)C.I. The Morgan fingerprint density at radius 2 is 1.84 bits per heavy atom. The molecule has 0 saturated carbocycles. The van der Waals surface area contributed by atoms with Crippen LogP contribution in [0.4, 0.5) is 4.79 Å². The molecule has 144 valence electrons. The topological polar surface area (TPSA) is 101 Å². The second-order valence-electron chi connectivity index (χ2n) is 6.30. The van der Waals surface area contributed by atoms with E-state index in [0.29, 0.717) is 31.5 Å². The molecule has 1 heterocycles. The Hall–Kier alpha value is -1.52. The lowest BCUT2D eigenvalue weighted by molar-refractivity contribution is 0.0529. The number of aryl methyl sites for hydroxylation is 2. The molecule has 0 aromatic carbocycles. The summed E-state index contributed by atoms with van der Waals surface area (Å²) in [4.78, 5) is 20.2. The third-order valence-electron chi connectivity index (χ3n) is 2.88. The van der Waals surface area contributed by atoms with Gasteiger partial charge in [-0.1, -0.05) is 0 Å². The molecule has 8 nitrogen and oxygen atoms in total. The van der Waals surface area contributed by atoms with Gasteiger partial charge in [0, 0.05) is 19.6 Å². The quantitative estimate of drug-likeness (QED) is 0.257. The van der Waals surface area contributed by atoms with Crippen molar-refractivity contribution in [2.24, 2.45) is 4.99 Å². The Morgan fingerprint density at radius 1 is 1.20 bits per heavy atom. The number of nitrogens with zero attached hydrogens (tertiary/aromatic N) is 2. The highest BCUT2D eigenvalue weighted by atomic mass is 127. The molecular weight excluding hydrogens is 437 g/mol.